The number of nitro benzene ring substituents is 1. The lowest BCUT2D eigenvalue weighted by atomic mass is 10.1. The maximum absolute atomic E-state index is 13.5. The molecule has 0 fully saturated rings. The fourth-order valence-corrected chi connectivity index (χ4v) is 1.36. The Morgan fingerprint density at radius 1 is 1.14 bits per heavy atom. The molecule has 4 heteroatoms. The second-order valence-electron chi connectivity index (χ2n) is 2.88. The van der Waals surface area contributed by atoms with Crippen LogP contribution < -0.4 is 0 Å². The Bertz CT molecular complexity index is 510. The van der Waals surface area contributed by atoms with Gasteiger partial charge < -0.3 is 0 Å². The number of halogens is 1. The zero-order valence-electron chi connectivity index (χ0n) is 7.11. The molecule has 0 saturated heterocycles. The first-order valence-corrected chi connectivity index (χ1v) is 4.02. The molecule has 0 bridgehead atoms. The summed E-state index contributed by atoms with van der Waals surface area (Å²) in [5.74, 6) is -0.770. The molecule has 0 atom stereocenters. The zero-order chi connectivity index (χ0) is 10.1. The predicted octanol–water partition coefficient (Wildman–Crippen LogP) is 2.89. The van der Waals surface area contributed by atoms with Gasteiger partial charge >= 0.3 is 5.69 Å². The van der Waals surface area contributed by atoms with Crippen molar-refractivity contribution in [3.8, 4) is 0 Å². The molecule has 3 nitrogen and oxygen atoms in total. The van der Waals surface area contributed by atoms with Crippen molar-refractivity contribution in [1.82, 2.24) is 0 Å². The Morgan fingerprint density at radius 3 is 2.57 bits per heavy atom. The van der Waals surface area contributed by atoms with Crippen molar-refractivity contribution < 1.29 is 9.31 Å². The fraction of sp³-hybridized carbons (Fsp3) is 0. The number of benzene rings is 2. The van der Waals surface area contributed by atoms with Crippen molar-refractivity contribution in [1.29, 1.82) is 0 Å². The lowest BCUT2D eigenvalue weighted by Crippen LogP contribution is -1.92. The third-order valence-electron chi connectivity index (χ3n) is 2.04. The quantitative estimate of drug-likeness (QED) is 0.513. The highest BCUT2D eigenvalue weighted by atomic mass is 19.1. The van der Waals surface area contributed by atoms with Gasteiger partial charge in [-0.3, -0.25) is 10.1 Å². The number of fused-ring (bicyclic) bond motifs is 1. The smallest absolute Gasteiger partial charge is 0.258 e. The van der Waals surface area contributed by atoms with Crippen LogP contribution in [0.25, 0.3) is 10.8 Å². The van der Waals surface area contributed by atoms with Crippen LogP contribution in [0, 0.1) is 15.9 Å². The van der Waals surface area contributed by atoms with Crippen molar-refractivity contribution >= 4 is 16.5 Å². The Kier molecular flexibility index (Phi) is 1.89. The fourth-order valence-electron chi connectivity index (χ4n) is 1.36. The van der Waals surface area contributed by atoms with E-state index in [0.717, 1.165) is 0 Å². The predicted molar refractivity (Wildman–Crippen MR) is 50.6 cm³/mol. The van der Waals surface area contributed by atoms with E-state index in [0.29, 0.717) is 5.39 Å². The number of rotatable bonds is 1. The normalized spacial score (nSPS) is 10.4. The Balaban J connectivity index is 2.81. The van der Waals surface area contributed by atoms with Gasteiger partial charge in [0.25, 0.3) is 0 Å². The summed E-state index contributed by atoms with van der Waals surface area (Å²) in [6, 6.07) is 9.36. The lowest BCUT2D eigenvalue weighted by molar-refractivity contribution is -0.387. The van der Waals surface area contributed by atoms with Crippen LogP contribution in [-0.4, -0.2) is 4.92 Å². The molecular formula is C10H6FNO2. The van der Waals surface area contributed by atoms with E-state index in [1.165, 1.54) is 18.2 Å². The molecule has 70 valence electrons. The average Bonchev–Trinajstić information content (AvgIpc) is 2.18. The monoisotopic (exact) mass is 191 g/mol. The largest absolute Gasteiger partial charge is 0.305 e. The van der Waals surface area contributed by atoms with Crippen molar-refractivity contribution in [3.63, 3.8) is 0 Å². The minimum absolute atomic E-state index is 0.279. The molecular weight excluding hydrogens is 185 g/mol. The second kappa shape index (κ2) is 3.06. The summed E-state index contributed by atoms with van der Waals surface area (Å²) in [4.78, 5) is 9.71. The molecule has 0 saturated carbocycles. The zero-order valence-corrected chi connectivity index (χ0v) is 7.11. The maximum Gasteiger partial charge on any atom is 0.305 e. The molecule has 0 amide bonds. The molecule has 0 aromatic heterocycles. The van der Waals surface area contributed by atoms with E-state index in [4.69, 9.17) is 0 Å². The summed E-state index contributed by atoms with van der Waals surface area (Å²) < 4.78 is 13.5. The molecule has 0 aliphatic carbocycles. The van der Waals surface area contributed by atoms with Crippen LogP contribution in [0.3, 0.4) is 0 Å². The van der Waals surface area contributed by atoms with Gasteiger partial charge in [0.15, 0.2) is 0 Å². The van der Waals surface area contributed by atoms with Crippen LogP contribution in [0.1, 0.15) is 0 Å². The molecule has 2 aromatic rings. The van der Waals surface area contributed by atoms with Crippen LogP contribution >= 0.6 is 0 Å². The molecule has 0 radical (unpaired) electrons. The Hall–Kier alpha value is -1.97. The van der Waals surface area contributed by atoms with Gasteiger partial charge in [-0.05, 0) is 11.5 Å². The highest BCUT2D eigenvalue weighted by Gasteiger charge is 2.15. The first kappa shape index (κ1) is 8.62. The van der Waals surface area contributed by atoms with Crippen molar-refractivity contribution in [2.24, 2.45) is 0 Å². The van der Waals surface area contributed by atoms with E-state index in [9.17, 15) is 14.5 Å². The van der Waals surface area contributed by atoms with E-state index in [1.807, 2.05) is 0 Å². The topological polar surface area (TPSA) is 43.1 Å². The highest BCUT2D eigenvalue weighted by molar-refractivity contribution is 5.85. The minimum Gasteiger partial charge on any atom is -0.258 e. The summed E-state index contributed by atoms with van der Waals surface area (Å²) in [5, 5.41) is 11.4. The van der Waals surface area contributed by atoms with Gasteiger partial charge in [-0.25, -0.2) is 0 Å². The molecule has 2 rings (SSSR count). The van der Waals surface area contributed by atoms with Gasteiger partial charge in [-0.2, -0.15) is 4.39 Å². The van der Waals surface area contributed by atoms with Crippen molar-refractivity contribution in [2.45, 2.75) is 0 Å². The molecule has 0 unspecified atom stereocenters. The van der Waals surface area contributed by atoms with Crippen LogP contribution in [-0.2, 0) is 0 Å². The van der Waals surface area contributed by atoms with E-state index in [1.54, 1.807) is 18.2 Å². The second-order valence-corrected chi connectivity index (χ2v) is 2.88. The van der Waals surface area contributed by atoms with Crippen LogP contribution in [0.2, 0.25) is 0 Å². The Labute approximate surface area is 78.9 Å². The lowest BCUT2D eigenvalue weighted by Gasteiger charge is -1.99. The van der Waals surface area contributed by atoms with Crippen molar-refractivity contribution in [3.05, 3.63) is 52.3 Å². The van der Waals surface area contributed by atoms with Gasteiger partial charge in [-0.15, -0.1) is 0 Å². The minimum atomic E-state index is -0.770. The highest BCUT2D eigenvalue weighted by Crippen LogP contribution is 2.25. The number of nitro groups is 1. The Morgan fingerprint density at radius 2 is 1.86 bits per heavy atom. The SMILES string of the molecule is O=[N+]([O-])c1ccc2ccccc2c1F. The summed E-state index contributed by atoms with van der Waals surface area (Å²) in [5.41, 5.74) is -0.483. The average molecular weight is 191 g/mol. The van der Waals surface area contributed by atoms with Crippen LogP contribution in [0.5, 0.6) is 0 Å². The molecule has 0 aliphatic rings. The van der Waals surface area contributed by atoms with E-state index >= 15 is 0 Å². The summed E-state index contributed by atoms with van der Waals surface area (Å²) in [6.07, 6.45) is 0. The molecule has 0 heterocycles. The summed E-state index contributed by atoms with van der Waals surface area (Å²) >= 11 is 0. The number of hydrogen-bond donors (Lipinski definition) is 0. The van der Waals surface area contributed by atoms with Gasteiger partial charge in [0, 0.05) is 11.5 Å². The molecule has 0 N–H and O–H groups in total. The van der Waals surface area contributed by atoms with E-state index in [2.05, 4.69) is 0 Å². The third-order valence-corrected chi connectivity index (χ3v) is 2.04. The molecule has 0 spiro atoms. The van der Waals surface area contributed by atoms with Gasteiger partial charge in [0.05, 0.1) is 4.92 Å². The maximum atomic E-state index is 13.5. The van der Waals surface area contributed by atoms with Gasteiger partial charge in [-0.1, -0.05) is 24.3 Å². The number of nitrogens with zero attached hydrogens (tertiary/aromatic N) is 1. The molecule has 2 aromatic carbocycles. The first-order valence-electron chi connectivity index (χ1n) is 4.02. The molecule has 0 aliphatic heterocycles. The standard InChI is InChI=1S/C10H6FNO2/c11-10-8-4-2-1-3-7(8)5-6-9(10)12(13)14/h1-6H. The van der Waals surface area contributed by atoms with E-state index in [-0.39, 0.29) is 5.39 Å². The number of hydrogen-bond acceptors (Lipinski definition) is 2. The third kappa shape index (κ3) is 1.21. The van der Waals surface area contributed by atoms with Gasteiger partial charge in [0.1, 0.15) is 0 Å². The van der Waals surface area contributed by atoms with Crippen LogP contribution in [0.15, 0.2) is 36.4 Å². The summed E-state index contributed by atoms with van der Waals surface area (Å²) in [7, 11) is 0. The molecule has 14 heavy (non-hydrogen) atoms. The summed E-state index contributed by atoms with van der Waals surface area (Å²) in [6.45, 7) is 0. The first-order chi connectivity index (χ1) is 6.70. The van der Waals surface area contributed by atoms with Gasteiger partial charge in [0.2, 0.25) is 5.82 Å². The van der Waals surface area contributed by atoms with E-state index < -0.39 is 16.4 Å². The van der Waals surface area contributed by atoms with Crippen LogP contribution in [0.4, 0.5) is 10.1 Å². The van der Waals surface area contributed by atoms with Crippen molar-refractivity contribution in [2.75, 3.05) is 0 Å².